The van der Waals surface area contributed by atoms with Crippen LogP contribution in [-0.4, -0.2) is 0 Å². The van der Waals surface area contributed by atoms with Crippen molar-refractivity contribution in [2.45, 2.75) is 6.18 Å². The van der Waals surface area contributed by atoms with Crippen molar-refractivity contribution in [1.82, 2.24) is 0 Å². The highest BCUT2D eigenvalue weighted by Crippen LogP contribution is 2.34. The minimum atomic E-state index is -5.05. The van der Waals surface area contributed by atoms with Gasteiger partial charge in [-0.3, -0.25) is 5.84 Å². The van der Waals surface area contributed by atoms with Gasteiger partial charge in [0.25, 0.3) is 0 Å². The molecule has 0 fully saturated rings. The number of nitrogens with one attached hydrogen (secondary N) is 1. The number of hydrazine groups is 1. The summed E-state index contributed by atoms with van der Waals surface area (Å²) in [7, 11) is 0. The maximum absolute atomic E-state index is 12.7. The van der Waals surface area contributed by atoms with Crippen molar-refractivity contribution in [3.63, 3.8) is 0 Å². The monoisotopic (exact) mass is 248 g/mol. The van der Waals surface area contributed by atoms with E-state index in [1.807, 2.05) is 5.43 Å². The number of nitrogens with two attached hydrogens (primary N) is 1. The summed E-state index contributed by atoms with van der Waals surface area (Å²) in [5.41, 5.74) is -0.350. The molecule has 15 heavy (non-hydrogen) atoms. The van der Waals surface area contributed by atoms with Crippen LogP contribution in [0.3, 0.4) is 0 Å². The molecule has 0 atom stereocenters. The lowest BCUT2D eigenvalue weighted by Crippen LogP contribution is -2.14. The first-order chi connectivity index (χ1) is 6.36. The summed E-state index contributed by atoms with van der Waals surface area (Å²) in [5, 5.41) is 0. The van der Waals surface area contributed by atoms with E-state index < -0.39 is 23.4 Å². The Labute approximate surface area is 87.6 Å². The maximum Gasteiger partial charge on any atom is 0.422 e. The average Bonchev–Trinajstić information content (AvgIpc) is 1.99. The molecular weight excluding hydrogens is 243 g/mol. The molecule has 0 aliphatic rings. The molecule has 0 aliphatic carbocycles. The van der Waals surface area contributed by atoms with Gasteiger partial charge in [0.15, 0.2) is 0 Å². The highest BCUT2D eigenvalue weighted by molar-refractivity contribution is 5.85. The van der Waals surface area contributed by atoms with Crippen LogP contribution in [0, 0.1) is 11.6 Å². The second-order valence-electron chi connectivity index (χ2n) is 2.46. The molecule has 86 valence electrons. The van der Waals surface area contributed by atoms with E-state index in [0.29, 0.717) is 12.1 Å². The molecule has 0 aromatic heterocycles. The first-order valence-corrected chi connectivity index (χ1v) is 3.39. The number of hydrogen-bond acceptors (Lipinski definition) is 2. The van der Waals surface area contributed by atoms with Crippen LogP contribution in [0.1, 0.15) is 5.56 Å². The van der Waals surface area contributed by atoms with Crippen LogP contribution < -0.4 is 11.3 Å². The Morgan fingerprint density at radius 2 is 1.47 bits per heavy atom. The molecule has 0 saturated heterocycles. The number of hydrogen-bond donors (Lipinski definition) is 2. The molecule has 0 amide bonds. The molecular formula is C7H6ClF5N2. The van der Waals surface area contributed by atoms with E-state index >= 15 is 0 Å². The maximum atomic E-state index is 12.7. The highest BCUT2D eigenvalue weighted by atomic mass is 35.5. The number of halogens is 6. The third-order valence-corrected chi connectivity index (χ3v) is 1.49. The molecule has 1 rings (SSSR count). The standard InChI is InChI=1S/C7H5F5N2.ClH/c8-4-1-3(14-13)2-5(9)6(4)7(10,11)12;/h1-2,14H,13H2;1H. The molecule has 0 bridgehead atoms. The molecule has 3 N–H and O–H groups in total. The highest BCUT2D eigenvalue weighted by Gasteiger charge is 2.37. The first kappa shape index (κ1) is 13.9. The van der Waals surface area contributed by atoms with E-state index in [2.05, 4.69) is 0 Å². The van der Waals surface area contributed by atoms with Crippen LogP contribution >= 0.6 is 12.4 Å². The van der Waals surface area contributed by atoms with Gasteiger partial charge in [-0.15, -0.1) is 12.4 Å². The molecule has 0 spiro atoms. The summed E-state index contributed by atoms with van der Waals surface area (Å²) in [6.45, 7) is 0. The molecule has 0 heterocycles. The summed E-state index contributed by atoms with van der Waals surface area (Å²) in [6, 6.07) is 0.928. The fourth-order valence-corrected chi connectivity index (χ4v) is 0.927. The molecule has 0 saturated carbocycles. The molecule has 1 aromatic carbocycles. The van der Waals surface area contributed by atoms with Crippen LogP contribution in [0.15, 0.2) is 12.1 Å². The summed E-state index contributed by atoms with van der Waals surface area (Å²) in [5.74, 6) is 1.38. The second kappa shape index (κ2) is 4.63. The van der Waals surface area contributed by atoms with Gasteiger partial charge in [0, 0.05) is 0 Å². The zero-order valence-electron chi connectivity index (χ0n) is 7.03. The van der Waals surface area contributed by atoms with Gasteiger partial charge >= 0.3 is 6.18 Å². The number of alkyl halides is 3. The van der Waals surface area contributed by atoms with Crippen molar-refractivity contribution >= 4 is 18.1 Å². The molecule has 0 unspecified atom stereocenters. The van der Waals surface area contributed by atoms with E-state index in [0.717, 1.165) is 0 Å². The first-order valence-electron chi connectivity index (χ1n) is 3.39. The average molecular weight is 249 g/mol. The predicted molar refractivity (Wildman–Crippen MR) is 46.4 cm³/mol. The minimum Gasteiger partial charge on any atom is -0.324 e. The van der Waals surface area contributed by atoms with E-state index in [1.165, 1.54) is 0 Å². The Kier molecular flexibility index (Phi) is 4.29. The van der Waals surface area contributed by atoms with Gasteiger partial charge in [0.1, 0.15) is 17.2 Å². The summed E-state index contributed by atoms with van der Waals surface area (Å²) in [6.07, 6.45) is -5.05. The van der Waals surface area contributed by atoms with Crippen molar-refractivity contribution < 1.29 is 22.0 Å². The second-order valence-corrected chi connectivity index (χ2v) is 2.46. The Hall–Kier alpha value is -1.08. The molecule has 8 heteroatoms. The molecule has 0 aliphatic heterocycles. The topological polar surface area (TPSA) is 38.0 Å². The zero-order chi connectivity index (χ0) is 10.9. The molecule has 2 nitrogen and oxygen atoms in total. The lowest BCUT2D eigenvalue weighted by atomic mass is 10.1. The smallest absolute Gasteiger partial charge is 0.324 e. The number of rotatable bonds is 1. The summed E-state index contributed by atoms with van der Waals surface area (Å²) < 4.78 is 61.5. The zero-order valence-corrected chi connectivity index (χ0v) is 7.85. The predicted octanol–water partition coefficient (Wildman–Crippen LogP) is 2.69. The number of anilines is 1. The van der Waals surface area contributed by atoms with Crippen molar-refractivity contribution in [3.8, 4) is 0 Å². The normalized spacial score (nSPS) is 10.8. The van der Waals surface area contributed by atoms with Crippen LogP contribution in [0.4, 0.5) is 27.6 Å². The van der Waals surface area contributed by atoms with Gasteiger partial charge in [-0.2, -0.15) is 13.2 Å². The molecule has 0 radical (unpaired) electrons. The Morgan fingerprint density at radius 1 is 1.07 bits per heavy atom. The van der Waals surface area contributed by atoms with Gasteiger partial charge in [0.2, 0.25) is 0 Å². The third kappa shape index (κ3) is 2.93. The Balaban J connectivity index is 0.00000196. The van der Waals surface area contributed by atoms with Crippen molar-refractivity contribution in [3.05, 3.63) is 29.3 Å². The summed E-state index contributed by atoms with van der Waals surface area (Å²) in [4.78, 5) is 0. The fourth-order valence-electron chi connectivity index (χ4n) is 0.927. The van der Waals surface area contributed by atoms with Gasteiger partial charge in [0.05, 0.1) is 5.69 Å². The quantitative estimate of drug-likeness (QED) is 0.456. The number of benzene rings is 1. The van der Waals surface area contributed by atoms with Crippen LogP contribution in [-0.2, 0) is 6.18 Å². The lowest BCUT2D eigenvalue weighted by molar-refractivity contribution is -0.142. The van der Waals surface area contributed by atoms with E-state index in [4.69, 9.17) is 5.84 Å². The van der Waals surface area contributed by atoms with E-state index in [1.54, 1.807) is 0 Å². The van der Waals surface area contributed by atoms with Crippen LogP contribution in [0.25, 0.3) is 0 Å². The van der Waals surface area contributed by atoms with E-state index in [-0.39, 0.29) is 18.1 Å². The van der Waals surface area contributed by atoms with Gasteiger partial charge in [-0.1, -0.05) is 0 Å². The molecule has 1 aromatic rings. The van der Waals surface area contributed by atoms with Crippen LogP contribution in [0.5, 0.6) is 0 Å². The van der Waals surface area contributed by atoms with Crippen LogP contribution in [0.2, 0.25) is 0 Å². The van der Waals surface area contributed by atoms with Crippen molar-refractivity contribution in [1.29, 1.82) is 0 Å². The Morgan fingerprint density at radius 3 is 1.73 bits per heavy atom. The van der Waals surface area contributed by atoms with Crippen molar-refractivity contribution in [2.75, 3.05) is 5.43 Å². The lowest BCUT2D eigenvalue weighted by Gasteiger charge is -2.10. The minimum absolute atomic E-state index is 0. The fraction of sp³-hybridized carbons (Fsp3) is 0.143. The third-order valence-electron chi connectivity index (χ3n) is 1.49. The van der Waals surface area contributed by atoms with Crippen molar-refractivity contribution in [2.24, 2.45) is 5.84 Å². The van der Waals surface area contributed by atoms with Gasteiger partial charge in [-0.25, -0.2) is 8.78 Å². The Bertz CT molecular complexity index is 329. The largest absolute Gasteiger partial charge is 0.422 e. The summed E-state index contributed by atoms with van der Waals surface area (Å²) >= 11 is 0. The van der Waals surface area contributed by atoms with E-state index in [9.17, 15) is 22.0 Å². The van der Waals surface area contributed by atoms with Gasteiger partial charge in [-0.05, 0) is 12.1 Å². The SMILES string of the molecule is Cl.NNc1cc(F)c(C(F)(F)F)c(F)c1. The van der Waals surface area contributed by atoms with Gasteiger partial charge < -0.3 is 5.43 Å². The number of nitrogen functional groups attached to an aromatic ring is 1.